The Kier molecular flexibility index (Phi) is 2.86. The van der Waals surface area contributed by atoms with Gasteiger partial charge in [0.1, 0.15) is 12.1 Å². The fourth-order valence-electron chi connectivity index (χ4n) is 2.73. The fourth-order valence-corrected chi connectivity index (χ4v) is 2.73. The third-order valence-electron chi connectivity index (χ3n) is 3.86. The molecule has 21 heavy (non-hydrogen) atoms. The molecule has 1 aromatic carbocycles. The van der Waals surface area contributed by atoms with E-state index in [1.165, 1.54) is 0 Å². The van der Waals surface area contributed by atoms with E-state index >= 15 is 0 Å². The van der Waals surface area contributed by atoms with Gasteiger partial charge in [-0.1, -0.05) is 0 Å². The Balaban J connectivity index is 1.70. The number of H-pyrrole nitrogens is 1. The van der Waals surface area contributed by atoms with E-state index in [0.717, 1.165) is 40.9 Å². The van der Waals surface area contributed by atoms with Crippen LogP contribution < -0.4 is 10.1 Å². The monoisotopic (exact) mass is 280 g/mol. The molecule has 3 heterocycles. The van der Waals surface area contributed by atoms with E-state index < -0.39 is 0 Å². The first-order valence-electron chi connectivity index (χ1n) is 7.11. The van der Waals surface area contributed by atoms with Crippen molar-refractivity contribution < 1.29 is 4.74 Å². The lowest BCUT2D eigenvalue weighted by atomic mass is 10.0. The summed E-state index contributed by atoms with van der Waals surface area (Å²) < 4.78 is 6.01. The fraction of sp³-hybridized carbons (Fsp3) is 0.250. The van der Waals surface area contributed by atoms with Gasteiger partial charge >= 0.3 is 0 Å². The second kappa shape index (κ2) is 4.86. The molecule has 0 fully saturated rings. The normalized spacial score (nSPS) is 17.7. The number of aromatic amines is 1. The van der Waals surface area contributed by atoms with Crippen LogP contribution in [0.5, 0.6) is 11.6 Å². The minimum atomic E-state index is 0.415. The molecule has 1 aliphatic heterocycles. The van der Waals surface area contributed by atoms with Crippen LogP contribution in [0.15, 0.2) is 36.8 Å². The quantitative estimate of drug-likeness (QED) is 0.757. The van der Waals surface area contributed by atoms with Crippen molar-refractivity contribution >= 4 is 10.9 Å². The van der Waals surface area contributed by atoms with Crippen LogP contribution in [0.4, 0.5) is 0 Å². The van der Waals surface area contributed by atoms with Gasteiger partial charge < -0.3 is 15.0 Å². The van der Waals surface area contributed by atoms with E-state index in [0.29, 0.717) is 11.9 Å². The highest BCUT2D eigenvalue weighted by atomic mass is 16.5. The van der Waals surface area contributed by atoms with Crippen LogP contribution in [0.1, 0.15) is 18.2 Å². The number of aromatic nitrogens is 3. The van der Waals surface area contributed by atoms with Crippen LogP contribution in [0.25, 0.3) is 10.9 Å². The molecule has 3 aromatic rings. The number of hydrogen-bond acceptors (Lipinski definition) is 4. The topological polar surface area (TPSA) is 62.8 Å². The van der Waals surface area contributed by atoms with Crippen LogP contribution in [0.3, 0.4) is 0 Å². The molecule has 0 saturated heterocycles. The summed E-state index contributed by atoms with van der Waals surface area (Å²) >= 11 is 0. The van der Waals surface area contributed by atoms with Crippen LogP contribution in [-0.2, 0) is 13.0 Å². The predicted octanol–water partition coefficient (Wildman–Crippen LogP) is 2.78. The van der Waals surface area contributed by atoms with Crippen LogP contribution in [0.2, 0.25) is 0 Å². The first-order chi connectivity index (χ1) is 10.3. The lowest BCUT2D eigenvalue weighted by Crippen LogP contribution is -2.33. The minimum absolute atomic E-state index is 0.415. The van der Waals surface area contributed by atoms with E-state index in [2.05, 4.69) is 27.2 Å². The number of nitrogens with one attached hydrogen (secondary N) is 2. The van der Waals surface area contributed by atoms with Gasteiger partial charge in [0.2, 0.25) is 5.88 Å². The molecule has 0 unspecified atom stereocenters. The lowest BCUT2D eigenvalue weighted by Gasteiger charge is -2.23. The van der Waals surface area contributed by atoms with Gasteiger partial charge in [-0.25, -0.2) is 9.97 Å². The summed E-state index contributed by atoms with van der Waals surface area (Å²) in [5.41, 5.74) is 3.24. The number of benzene rings is 1. The lowest BCUT2D eigenvalue weighted by molar-refractivity contribution is 0.430. The van der Waals surface area contributed by atoms with Crippen molar-refractivity contribution in [2.45, 2.75) is 25.9 Å². The van der Waals surface area contributed by atoms with Crippen molar-refractivity contribution in [3.63, 3.8) is 0 Å². The Bertz CT molecular complexity index is 796. The van der Waals surface area contributed by atoms with Gasteiger partial charge in [-0.2, -0.15) is 0 Å². The Hall–Kier alpha value is -2.40. The zero-order valence-corrected chi connectivity index (χ0v) is 11.8. The van der Waals surface area contributed by atoms with Crippen LogP contribution in [-0.4, -0.2) is 21.0 Å². The van der Waals surface area contributed by atoms with E-state index in [1.54, 1.807) is 6.33 Å². The molecule has 0 bridgehead atoms. The molecule has 2 N–H and O–H groups in total. The van der Waals surface area contributed by atoms with Gasteiger partial charge in [0.05, 0.1) is 5.69 Å². The molecular weight excluding hydrogens is 264 g/mol. The summed E-state index contributed by atoms with van der Waals surface area (Å²) in [5, 5.41) is 4.53. The van der Waals surface area contributed by atoms with Crippen molar-refractivity contribution in [2.75, 3.05) is 0 Å². The van der Waals surface area contributed by atoms with Crippen LogP contribution in [0, 0.1) is 0 Å². The third kappa shape index (κ3) is 2.25. The van der Waals surface area contributed by atoms with Gasteiger partial charge in [0.15, 0.2) is 0 Å². The Morgan fingerprint density at radius 2 is 2.19 bits per heavy atom. The smallest absolute Gasteiger partial charge is 0.225 e. The van der Waals surface area contributed by atoms with Crippen LogP contribution >= 0.6 is 0 Å². The highest BCUT2D eigenvalue weighted by Crippen LogP contribution is 2.29. The molecule has 1 aliphatic rings. The second-order valence-corrected chi connectivity index (χ2v) is 5.42. The largest absolute Gasteiger partial charge is 0.439 e. The molecule has 0 amide bonds. The van der Waals surface area contributed by atoms with E-state index in [-0.39, 0.29) is 0 Å². The molecule has 106 valence electrons. The maximum Gasteiger partial charge on any atom is 0.225 e. The average Bonchev–Trinajstić information content (AvgIpc) is 2.95. The van der Waals surface area contributed by atoms with E-state index in [4.69, 9.17) is 4.74 Å². The molecule has 0 aliphatic carbocycles. The number of hydrogen-bond donors (Lipinski definition) is 2. The average molecular weight is 280 g/mol. The number of nitrogens with zero attached hydrogens (tertiary/aromatic N) is 2. The third-order valence-corrected chi connectivity index (χ3v) is 3.86. The Labute approximate surface area is 122 Å². The predicted molar refractivity (Wildman–Crippen MR) is 80.4 cm³/mol. The maximum atomic E-state index is 6.01. The number of ether oxygens (including phenoxy) is 1. The molecule has 4 rings (SSSR count). The molecule has 1 atom stereocenters. The van der Waals surface area contributed by atoms with Gasteiger partial charge in [-0.15, -0.1) is 0 Å². The first-order valence-corrected chi connectivity index (χ1v) is 7.11. The summed E-state index contributed by atoms with van der Waals surface area (Å²) in [4.78, 5) is 11.8. The number of rotatable bonds is 2. The second-order valence-electron chi connectivity index (χ2n) is 5.42. The van der Waals surface area contributed by atoms with Gasteiger partial charge in [-0.3, -0.25) is 0 Å². The first kappa shape index (κ1) is 12.3. The summed E-state index contributed by atoms with van der Waals surface area (Å²) in [6, 6.07) is 8.44. The summed E-state index contributed by atoms with van der Waals surface area (Å²) in [6.45, 7) is 2.93. The number of fused-ring (bicyclic) bond motifs is 2. The summed E-state index contributed by atoms with van der Waals surface area (Å²) in [6.07, 6.45) is 4.38. The highest BCUT2D eigenvalue weighted by molar-refractivity contribution is 5.80. The molecule has 2 aromatic heterocycles. The van der Waals surface area contributed by atoms with Crippen molar-refractivity contribution in [1.82, 2.24) is 20.3 Å². The molecule has 0 spiro atoms. The van der Waals surface area contributed by atoms with Crippen molar-refractivity contribution in [1.29, 1.82) is 0 Å². The van der Waals surface area contributed by atoms with Gasteiger partial charge in [0.25, 0.3) is 0 Å². The summed E-state index contributed by atoms with van der Waals surface area (Å²) in [5.74, 6) is 1.47. The molecule has 0 saturated carbocycles. The molecule has 5 heteroatoms. The van der Waals surface area contributed by atoms with Crippen molar-refractivity contribution in [3.8, 4) is 11.6 Å². The van der Waals surface area contributed by atoms with Gasteiger partial charge in [0, 0.05) is 35.2 Å². The highest BCUT2D eigenvalue weighted by Gasteiger charge is 2.20. The SMILES string of the molecule is C[C@H]1Cc2c(ncnc2Oc2ccc3[nH]ccc3c2)CN1. The van der Waals surface area contributed by atoms with E-state index in [1.807, 2.05) is 30.5 Å². The minimum Gasteiger partial charge on any atom is -0.439 e. The van der Waals surface area contributed by atoms with Crippen molar-refractivity contribution in [2.24, 2.45) is 0 Å². The Morgan fingerprint density at radius 1 is 1.24 bits per heavy atom. The summed E-state index contributed by atoms with van der Waals surface area (Å²) in [7, 11) is 0. The molecule has 0 radical (unpaired) electrons. The Morgan fingerprint density at radius 3 is 3.14 bits per heavy atom. The molecule has 5 nitrogen and oxygen atoms in total. The maximum absolute atomic E-state index is 6.01. The van der Waals surface area contributed by atoms with Crippen molar-refractivity contribution in [3.05, 3.63) is 48.0 Å². The molecular formula is C16H16N4O. The van der Waals surface area contributed by atoms with E-state index in [9.17, 15) is 0 Å². The van der Waals surface area contributed by atoms with Gasteiger partial charge in [-0.05, 0) is 37.6 Å². The zero-order valence-electron chi connectivity index (χ0n) is 11.8. The zero-order chi connectivity index (χ0) is 14.2. The standard InChI is InChI=1S/C16H16N4O/c1-10-6-13-15(8-18-10)19-9-20-16(13)21-12-2-3-14-11(7-12)4-5-17-14/h2-5,7,9-10,17-18H,6,8H2,1H3/t10-/m0/s1.